The third-order valence-corrected chi connectivity index (χ3v) is 4.99. The van der Waals surface area contributed by atoms with Gasteiger partial charge in [0.25, 0.3) is 0 Å². The van der Waals surface area contributed by atoms with E-state index in [1.165, 1.54) is 5.56 Å². The molecule has 0 atom stereocenters. The van der Waals surface area contributed by atoms with Gasteiger partial charge in [0.1, 0.15) is 5.82 Å². The molecule has 0 aliphatic rings. The maximum Gasteiger partial charge on any atom is 0.141 e. The van der Waals surface area contributed by atoms with E-state index in [0.717, 1.165) is 45.5 Å². The van der Waals surface area contributed by atoms with Crippen molar-refractivity contribution in [2.75, 3.05) is 0 Å². The Morgan fingerprint density at radius 1 is 0.889 bits per heavy atom. The van der Waals surface area contributed by atoms with Crippen molar-refractivity contribution in [1.82, 2.24) is 14.5 Å². The summed E-state index contributed by atoms with van der Waals surface area (Å²) in [6, 6.07) is 20.3. The second-order valence-corrected chi connectivity index (χ2v) is 6.87. The summed E-state index contributed by atoms with van der Waals surface area (Å²) in [6.07, 6.45) is 3.61. The van der Waals surface area contributed by atoms with E-state index >= 15 is 0 Å². The monoisotopic (exact) mass is 373 g/mol. The lowest BCUT2D eigenvalue weighted by atomic mass is 10.1. The van der Waals surface area contributed by atoms with Gasteiger partial charge in [0.05, 0.1) is 11.4 Å². The van der Waals surface area contributed by atoms with Crippen LogP contribution in [0, 0.1) is 6.92 Å². The molecule has 0 fully saturated rings. The molecule has 0 radical (unpaired) electrons. The van der Waals surface area contributed by atoms with Gasteiger partial charge in [-0.05, 0) is 43.7 Å². The summed E-state index contributed by atoms with van der Waals surface area (Å²) < 4.78 is 2.28. The molecule has 0 aliphatic carbocycles. The average Bonchev–Trinajstić information content (AvgIpc) is 3.09. The van der Waals surface area contributed by atoms with Gasteiger partial charge in [-0.3, -0.25) is 4.98 Å². The van der Waals surface area contributed by atoms with Crippen molar-refractivity contribution in [1.29, 1.82) is 0 Å². The Kier molecular flexibility index (Phi) is 4.78. The first kappa shape index (κ1) is 17.5. The first-order valence-electron chi connectivity index (χ1n) is 9.02. The van der Waals surface area contributed by atoms with Gasteiger partial charge in [-0.2, -0.15) is 0 Å². The number of hydrogen-bond donors (Lipinski definition) is 0. The molecule has 0 saturated heterocycles. The van der Waals surface area contributed by atoms with E-state index in [4.69, 9.17) is 16.6 Å². The van der Waals surface area contributed by atoms with Gasteiger partial charge in [-0.1, -0.05) is 48.0 Å². The molecule has 0 unspecified atom stereocenters. The zero-order chi connectivity index (χ0) is 18.8. The molecule has 134 valence electrons. The Labute approximate surface area is 164 Å². The van der Waals surface area contributed by atoms with Crippen LogP contribution in [0.25, 0.3) is 33.9 Å². The molecule has 0 bridgehead atoms. The highest BCUT2D eigenvalue weighted by Crippen LogP contribution is 2.37. The molecule has 0 N–H and O–H groups in total. The number of aryl methyl sites for hydroxylation is 1. The molecule has 2 aromatic carbocycles. The normalized spacial score (nSPS) is 10.9. The van der Waals surface area contributed by atoms with Crippen LogP contribution in [-0.2, 0) is 6.54 Å². The van der Waals surface area contributed by atoms with Crippen LogP contribution in [-0.4, -0.2) is 14.5 Å². The third kappa shape index (κ3) is 3.26. The van der Waals surface area contributed by atoms with Gasteiger partial charge in [0, 0.05) is 40.7 Å². The minimum atomic E-state index is 0.728. The second kappa shape index (κ2) is 7.37. The Hall–Kier alpha value is -2.91. The van der Waals surface area contributed by atoms with Crippen molar-refractivity contribution < 1.29 is 0 Å². The molecule has 4 rings (SSSR count). The zero-order valence-corrected chi connectivity index (χ0v) is 16.1. The van der Waals surface area contributed by atoms with Gasteiger partial charge >= 0.3 is 0 Å². The predicted octanol–water partition coefficient (Wildman–Crippen LogP) is 6.26. The zero-order valence-electron chi connectivity index (χ0n) is 15.4. The first-order valence-corrected chi connectivity index (χ1v) is 9.39. The van der Waals surface area contributed by atoms with E-state index < -0.39 is 0 Å². The van der Waals surface area contributed by atoms with Crippen LogP contribution in [0.2, 0.25) is 5.02 Å². The second-order valence-electron chi connectivity index (χ2n) is 6.43. The molecule has 2 heterocycles. The molecule has 2 aromatic heterocycles. The maximum atomic E-state index is 6.12. The van der Waals surface area contributed by atoms with E-state index in [1.807, 2.05) is 24.3 Å². The Morgan fingerprint density at radius 2 is 1.59 bits per heavy atom. The standard InChI is InChI=1S/C23H20ClN3/c1-3-27-22(18-8-10-19(24)11-9-18)21(17-12-14-25-15-13-17)26-23(27)20-7-5-4-6-16(20)2/h4-15H,3H2,1-2H3. The lowest BCUT2D eigenvalue weighted by Gasteiger charge is -2.12. The molecule has 0 amide bonds. The third-order valence-electron chi connectivity index (χ3n) is 4.74. The van der Waals surface area contributed by atoms with E-state index in [0.29, 0.717) is 0 Å². The number of rotatable bonds is 4. The van der Waals surface area contributed by atoms with Crippen LogP contribution < -0.4 is 0 Å². The molecule has 4 aromatic rings. The van der Waals surface area contributed by atoms with Crippen LogP contribution in [0.4, 0.5) is 0 Å². The van der Waals surface area contributed by atoms with Crippen molar-refractivity contribution >= 4 is 11.6 Å². The fourth-order valence-corrected chi connectivity index (χ4v) is 3.53. The van der Waals surface area contributed by atoms with Crippen LogP contribution in [0.3, 0.4) is 0 Å². The molecule has 4 heteroatoms. The fraction of sp³-hybridized carbons (Fsp3) is 0.130. The van der Waals surface area contributed by atoms with Crippen LogP contribution in [0.5, 0.6) is 0 Å². The van der Waals surface area contributed by atoms with E-state index in [1.54, 1.807) is 12.4 Å². The number of halogens is 1. The summed E-state index contributed by atoms with van der Waals surface area (Å²) in [7, 11) is 0. The lowest BCUT2D eigenvalue weighted by Crippen LogP contribution is -2.01. The summed E-state index contributed by atoms with van der Waals surface area (Å²) in [4.78, 5) is 9.24. The lowest BCUT2D eigenvalue weighted by molar-refractivity contribution is 0.777. The van der Waals surface area contributed by atoms with Gasteiger partial charge in [-0.25, -0.2) is 4.98 Å². The van der Waals surface area contributed by atoms with Crippen molar-refractivity contribution in [2.45, 2.75) is 20.4 Å². The van der Waals surface area contributed by atoms with Crippen molar-refractivity contribution in [3.63, 3.8) is 0 Å². The van der Waals surface area contributed by atoms with E-state index in [9.17, 15) is 0 Å². The number of pyridine rings is 1. The maximum absolute atomic E-state index is 6.12. The molecule has 3 nitrogen and oxygen atoms in total. The highest BCUT2D eigenvalue weighted by atomic mass is 35.5. The van der Waals surface area contributed by atoms with Crippen molar-refractivity contribution in [3.8, 4) is 33.9 Å². The topological polar surface area (TPSA) is 30.7 Å². The van der Waals surface area contributed by atoms with Gasteiger partial charge in [-0.15, -0.1) is 0 Å². The predicted molar refractivity (Wildman–Crippen MR) is 112 cm³/mol. The Balaban J connectivity index is 2.03. The van der Waals surface area contributed by atoms with Gasteiger partial charge in [0.2, 0.25) is 0 Å². The molecule has 0 spiro atoms. The fourth-order valence-electron chi connectivity index (χ4n) is 3.40. The van der Waals surface area contributed by atoms with Gasteiger partial charge in [0.15, 0.2) is 0 Å². The van der Waals surface area contributed by atoms with Crippen molar-refractivity contribution in [2.24, 2.45) is 0 Å². The van der Waals surface area contributed by atoms with Gasteiger partial charge < -0.3 is 4.57 Å². The number of benzene rings is 2. The summed E-state index contributed by atoms with van der Waals surface area (Å²) in [5.74, 6) is 0.979. The van der Waals surface area contributed by atoms with E-state index in [-0.39, 0.29) is 0 Å². The minimum Gasteiger partial charge on any atom is -0.324 e. The summed E-state index contributed by atoms with van der Waals surface area (Å²) in [5.41, 5.74) is 6.56. The quantitative estimate of drug-likeness (QED) is 0.422. The highest BCUT2D eigenvalue weighted by molar-refractivity contribution is 6.30. The minimum absolute atomic E-state index is 0.728. The highest BCUT2D eigenvalue weighted by Gasteiger charge is 2.21. The summed E-state index contributed by atoms with van der Waals surface area (Å²) in [5, 5.41) is 0.728. The van der Waals surface area contributed by atoms with Crippen LogP contribution in [0.1, 0.15) is 12.5 Å². The molecular formula is C23H20ClN3. The Morgan fingerprint density at radius 3 is 2.26 bits per heavy atom. The Bertz CT molecular complexity index is 1070. The first-order chi connectivity index (χ1) is 13.2. The smallest absolute Gasteiger partial charge is 0.141 e. The van der Waals surface area contributed by atoms with Crippen LogP contribution >= 0.6 is 11.6 Å². The molecule has 0 aliphatic heterocycles. The number of aromatic nitrogens is 3. The van der Waals surface area contributed by atoms with Crippen molar-refractivity contribution in [3.05, 3.63) is 83.6 Å². The average molecular weight is 374 g/mol. The summed E-state index contributed by atoms with van der Waals surface area (Å²) in [6.45, 7) is 5.09. The summed E-state index contributed by atoms with van der Waals surface area (Å²) >= 11 is 6.12. The number of nitrogens with zero attached hydrogens (tertiary/aromatic N) is 3. The molecular weight excluding hydrogens is 354 g/mol. The van der Waals surface area contributed by atoms with Crippen LogP contribution in [0.15, 0.2) is 73.1 Å². The number of imidazole rings is 1. The molecule has 27 heavy (non-hydrogen) atoms. The SMILES string of the molecule is CCn1c(-c2ccccc2C)nc(-c2ccncc2)c1-c1ccc(Cl)cc1. The number of hydrogen-bond acceptors (Lipinski definition) is 2. The molecule has 0 saturated carbocycles. The van der Waals surface area contributed by atoms with E-state index in [2.05, 4.69) is 59.8 Å². The largest absolute Gasteiger partial charge is 0.324 e.